The Morgan fingerprint density at radius 1 is 0.941 bits per heavy atom. The Hall–Kier alpha value is -3.16. The van der Waals surface area contributed by atoms with Gasteiger partial charge in [-0.15, -0.1) is 0 Å². The van der Waals surface area contributed by atoms with Crippen molar-refractivity contribution in [3.8, 4) is 0 Å². The number of rotatable bonds is 7. The number of halogens is 5. The zero-order chi connectivity index (χ0) is 24.3. The van der Waals surface area contributed by atoms with Crippen LogP contribution in [0.5, 0.6) is 0 Å². The molecular formula is C26H21ClF4N2O. The summed E-state index contributed by atoms with van der Waals surface area (Å²) in [5, 5.41) is 3.71. The minimum Gasteiger partial charge on any atom is -0.465 e. The van der Waals surface area contributed by atoms with Crippen LogP contribution >= 0.6 is 11.6 Å². The molecule has 0 aliphatic carbocycles. The minimum atomic E-state index is -4.72. The molecule has 0 aliphatic rings. The average molecular weight is 489 g/mol. The summed E-state index contributed by atoms with van der Waals surface area (Å²) >= 11 is 6.05. The second-order valence-corrected chi connectivity index (χ2v) is 8.46. The van der Waals surface area contributed by atoms with Crippen molar-refractivity contribution >= 4 is 11.6 Å². The highest BCUT2D eigenvalue weighted by Crippen LogP contribution is 2.38. The van der Waals surface area contributed by atoms with Gasteiger partial charge in [-0.1, -0.05) is 41.9 Å². The van der Waals surface area contributed by atoms with Gasteiger partial charge in [0.25, 0.3) is 0 Å². The maximum Gasteiger partial charge on any atom is 0.416 e. The van der Waals surface area contributed by atoms with E-state index in [4.69, 9.17) is 16.0 Å². The number of benzene rings is 2. The molecule has 176 valence electrons. The van der Waals surface area contributed by atoms with Crippen molar-refractivity contribution in [1.82, 2.24) is 10.3 Å². The lowest BCUT2D eigenvalue weighted by atomic mass is 9.79. The molecule has 0 aliphatic heterocycles. The number of alkyl halides is 3. The van der Waals surface area contributed by atoms with Gasteiger partial charge < -0.3 is 4.42 Å². The van der Waals surface area contributed by atoms with Crippen LogP contribution in [0, 0.1) is 12.7 Å². The molecule has 0 amide bonds. The molecule has 1 N–H and O–H groups in total. The van der Waals surface area contributed by atoms with Crippen LogP contribution in [0.15, 0.2) is 83.4 Å². The van der Waals surface area contributed by atoms with Crippen LogP contribution in [0.2, 0.25) is 5.02 Å². The van der Waals surface area contributed by atoms with Gasteiger partial charge in [-0.2, -0.15) is 13.2 Å². The Kier molecular flexibility index (Phi) is 6.77. The summed E-state index contributed by atoms with van der Waals surface area (Å²) < 4.78 is 61.2. The summed E-state index contributed by atoms with van der Waals surface area (Å²) in [7, 11) is 0. The molecular weight excluding hydrogens is 468 g/mol. The lowest BCUT2D eigenvalue weighted by Crippen LogP contribution is -2.46. The largest absolute Gasteiger partial charge is 0.465 e. The molecule has 34 heavy (non-hydrogen) atoms. The fourth-order valence-corrected chi connectivity index (χ4v) is 4.06. The molecule has 2 heterocycles. The van der Waals surface area contributed by atoms with Crippen molar-refractivity contribution in [1.29, 1.82) is 0 Å². The molecule has 2 aromatic carbocycles. The lowest BCUT2D eigenvalue weighted by molar-refractivity contribution is -0.137. The van der Waals surface area contributed by atoms with Crippen molar-refractivity contribution < 1.29 is 22.0 Å². The number of furan rings is 1. The first-order valence-corrected chi connectivity index (χ1v) is 10.9. The molecule has 1 atom stereocenters. The van der Waals surface area contributed by atoms with Crippen LogP contribution in [0.3, 0.4) is 0 Å². The Morgan fingerprint density at radius 3 is 2.29 bits per heavy atom. The second kappa shape index (κ2) is 9.60. The summed E-state index contributed by atoms with van der Waals surface area (Å²) in [5.41, 5.74) is -1.11. The zero-order valence-corrected chi connectivity index (χ0v) is 18.9. The van der Waals surface area contributed by atoms with Gasteiger partial charge in [-0.25, -0.2) is 4.39 Å². The number of hydrogen-bond donors (Lipinski definition) is 1. The predicted octanol–water partition coefficient (Wildman–Crippen LogP) is 7.07. The first-order chi connectivity index (χ1) is 16.2. The quantitative estimate of drug-likeness (QED) is 0.283. The van der Waals surface area contributed by atoms with E-state index in [0.717, 1.165) is 17.7 Å². The third kappa shape index (κ3) is 5.32. The van der Waals surface area contributed by atoms with E-state index >= 15 is 0 Å². The number of aromatic nitrogens is 1. The van der Waals surface area contributed by atoms with Crippen molar-refractivity contribution in [3.05, 3.63) is 124 Å². The third-order valence-electron chi connectivity index (χ3n) is 5.56. The maximum atomic E-state index is 14.6. The lowest BCUT2D eigenvalue weighted by Gasteiger charge is -2.36. The number of hydrogen-bond acceptors (Lipinski definition) is 3. The zero-order valence-electron chi connectivity index (χ0n) is 18.2. The standard InChI is InChI=1S/C26H21ClF4N2O/c1-17-7-9-23(34-17)16-33-25(14-18-5-3-2-4-6-18,24-10-8-21(27)15-32-24)19-11-20(26(29,30)31)13-22(28)12-19/h2-13,15,33H,14,16H2,1H3. The van der Waals surface area contributed by atoms with E-state index in [1.165, 1.54) is 6.20 Å². The van der Waals surface area contributed by atoms with Gasteiger partial charge in [0.15, 0.2) is 0 Å². The maximum absolute atomic E-state index is 14.6. The number of nitrogens with zero attached hydrogens (tertiary/aromatic N) is 1. The molecule has 3 nitrogen and oxygen atoms in total. The molecule has 0 radical (unpaired) electrons. The highest BCUT2D eigenvalue weighted by Gasteiger charge is 2.39. The highest BCUT2D eigenvalue weighted by molar-refractivity contribution is 6.30. The molecule has 0 spiro atoms. The Morgan fingerprint density at radius 2 is 1.68 bits per heavy atom. The van der Waals surface area contributed by atoms with Gasteiger partial charge >= 0.3 is 6.18 Å². The topological polar surface area (TPSA) is 38.1 Å². The summed E-state index contributed by atoms with van der Waals surface area (Å²) in [6.07, 6.45) is -3.11. The fraction of sp³-hybridized carbons (Fsp3) is 0.192. The van der Waals surface area contributed by atoms with E-state index in [-0.39, 0.29) is 18.5 Å². The monoisotopic (exact) mass is 488 g/mol. The first kappa shape index (κ1) is 24.0. The van der Waals surface area contributed by atoms with Gasteiger partial charge in [0.1, 0.15) is 17.3 Å². The summed E-state index contributed by atoms with van der Waals surface area (Å²) in [6, 6.07) is 18.6. The molecule has 0 bridgehead atoms. The van der Waals surface area contributed by atoms with Crippen LogP contribution < -0.4 is 5.32 Å². The number of aryl methyl sites for hydroxylation is 1. The van der Waals surface area contributed by atoms with Crippen molar-refractivity contribution in [2.75, 3.05) is 0 Å². The van der Waals surface area contributed by atoms with Crippen LogP contribution in [-0.2, 0) is 24.7 Å². The second-order valence-electron chi connectivity index (χ2n) is 8.02. The molecule has 4 rings (SSSR count). The fourth-order valence-electron chi connectivity index (χ4n) is 3.94. The molecule has 0 saturated heterocycles. The van der Waals surface area contributed by atoms with E-state index in [1.807, 2.05) is 30.3 Å². The van der Waals surface area contributed by atoms with Crippen LogP contribution in [-0.4, -0.2) is 4.98 Å². The summed E-state index contributed by atoms with van der Waals surface area (Å²) in [6.45, 7) is 1.96. The van der Waals surface area contributed by atoms with Gasteiger partial charge in [0.2, 0.25) is 0 Å². The van der Waals surface area contributed by atoms with Crippen molar-refractivity contribution in [3.63, 3.8) is 0 Å². The molecule has 1 unspecified atom stereocenters. The van der Waals surface area contributed by atoms with Gasteiger partial charge in [-0.3, -0.25) is 10.3 Å². The van der Waals surface area contributed by atoms with Gasteiger partial charge in [0, 0.05) is 12.6 Å². The molecule has 2 aromatic heterocycles. The predicted molar refractivity (Wildman–Crippen MR) is 122 cm³/mol. The van der Waals surface area contributed by atoms with Gasteiger partial charge in [0.05, 0.1) is 28.4 Å². The smallest absolute Gasteiger partial charge is 0.416 e. The van der Waals surface area contributed by atoms with Crippen molar-refractivity contribution in [2.45, 2.75) is 31.6 Å². The van der Waals surface area contributed by atoms with E-state index in [9.17, 15) is 17.6 Å². The van der Waals surface area contributed by atoms with Crippen molar-refractivity contribution in [2.24, 2.45) is 0 Å². The third-order valence-corrected chi connectivity index (χ3v) is 5.78. The molecule has 0 saturated carbocycles. The average Bonchev–Trinajstić information content (AvgIpc) is 3.22. The van der Waals surface area contributed by atoms with Crippen LogP contribution in [0.4, 0.5) is 17.6 Å². The molecule has 0 fully saturated rings. The van der Waals surface area contributed by atoms with E-state index in [1.54, 1.807) is 31.2 Å². The SMILES string of the molecule is Cc1ccc(CNC(Cc2ccccc2)(c2cc(F)cc(C(F)(F)F)c2)c2ccc(Cl)cn2)o1. The molecule has 8 heteroatoms. The first-order valence-electron chi connectivity index (χ1n) is 10.5. The Balaban J connectivity index is 1.93. The molecule has 4 aromatic rings. The summed E-state index contributed by atoms with van der Waals surface area (Å²) in [4.78, 5) is 4.43. The van der Waals surface area contributed by atoms with Crippen LogP contribution in [0.1, 0.15) is 33.9 Å². The summed E-state index contributed by atoms with van der Waals surface area (Å²) in [5.74, 6) is 0.281. The van der Waals surface area contributed by atoms with E-state index in [2.05, 4.69) is 10.3 Å². The number of pyridine rings is 1. The number of nitrogens with one attached hydrogen (secondary N) is 1. The Bertz CT molecular complexity index is 1260. The Labute approximate surface area is 199 Å². The van der Waals surface area contributed by atoms with E-state index < -0.39 is 23.1 Å². The van der Waals surface area contributed by atoms with Gasteiger partial charge in [-0.05, 0) is 60.5 Å². The highest BCUT2D eigenvalue weighted by atomic mass is 35.5. The minimum absolute atomic E-state index is 0.0850. The van der Waals surface area contributed by atoms with Crippen LogP contribution in [0.25, 0.3) is 0 Å². The normalized spacial score (nSPS) is 13.6. The van der Waals surface area contributed by atoms with E-state index in [0.29, 0.717) is 28.3 Å².